The van der Waals surface area contributed by atoms with Crippen molar-refractivity contribution < 1.29 is 4.79 Å². The first-order chi connectivity index (χ1) is 13.9. The summed E-state index contributed by atoms with van der Waals surface area (Å²) in [6.07, 6.45) is 7.90. The molecule has 2 N–H and O–H groups in total. The highest BCUT2D eigenvalue weighted by atomic mass is 16.1. The van der Waals surface area contributed by atoms with Gasteiger partial charge in [-0.15, -0.1) is 0 Å². The summed E-state index contributed by atoms with van der Waals surface area (Å²) in [7, 11) is 0. The van der Waals surface area contributed by atoms with Gasteiger partial charge in [-0.25, -0.2) is 4.98 Å². The zero-order chi connectivity index (χ0) is 20.5. The van der Waals surface area contributed by atoms with Crippen LogP contribution in [0.3, 0.4) is 0 Å². The maximum absolute atomic E-state index is 12.3. The fourth-order valence-electron chi connectivity index (χ4n) is 5.05. The van der Waals surface area contributed by atoms with Crippen LogP contribution in [0.25, 0.3) is 11.0 Å². The number of aromatic nitrogens is 2. The molecule has 0 saturated heterocycles. The first kappa shape index (κ1) is 20.2. The third-order valence-electron chi connectivity index (χ3n) is 7.20. The van der Waals surface area contributed by atoms with E-state index in [0.29, 0.717) is 23.7 Å². The van der Waals surface area contributed by atoms with Crippen LogP contribution in [0, 0.1) is 36.5 Å². The Balaban J connectivity index is 1.45. The molecule has 1 saturated carbocycles. The van der Waals surface area contributed by atoms with E-state index in [4.69, 9.17) is 4.98 Å². The fraction of sp³-hybridized carbons (Fsp3) is 0.600. The van der Waals surface area contributed by atoms with E-state index in [1.807, 2.05) is 0 Å². The third kappa shape index (κ3) is 4.41. The van der Waals surface area contributed by atoms with Crippen molar-refractivity contribution in [1.82, 2.24) is 15.3 Å². The minimum Gasteiger partial charge on any atom is -0.355 e. The van der Waals surface area contributed by atoms with Gasteiger partial charge in [0.05, 0.1) is 11.0 Å². The van der Waals surface area contributed by atoms with Crippen molar-refractivity contribution in [2.45, 2.75) is 59.8 Å². The van der Waals surface area contributed by atoms with Gasteiger partial charge in [0.25, 0.3) is 0 Å². The second-order valence-corrected chi connectivity index (χ2v) is 9.70. The van der Waals surface area contributed by atoms with Crippen LogP contribution in [0.4, 0.5) is 0 Å². The Morgan fingerprint density at radius 1 is 1.28 bits per heavy atom. The average Bonchev–Trinajstić information content (AvgIpc) is 3.01. The Bertz CT molecular complexity index is 906. The molecule has 2 aliphatic carbocycles. The molecule has 4 rings (SSSR count). The van der Waals surface area contributed by atoms with Crippen LogP contribution in [-0.2, 0) is 11.2 Å². The summed E-state index contributed by atoms with van der Waals surface area (Å²) in [6, 6.07) is 6.40. The zero-order valence-electron chi connectivity index (χ0n) is 18.3. The Morgan fingerprint density at radius 3 is 2.76 bits per heavy atom. The first-order valence-corrected chi connectivity index (χ1v) is 11.3. The number of allylic oxidation sites excluding steroid dienone is 1. The number of rotatable bonds is 6. The van der Waals surface area contributed by atoms with E-state index in [1.54, 1.807) is 0 Å². The number of imidazole rings is 1. The van der Waals surface area contributed by atoms with Crippen molar-refractivity contribution in [1.29, 1.82) is 0 Å². The third-order valence-corrected chi connectivity index (χ3v) is 7.20. The van der Waals surface area contributed by atoms with Crippen molar-refractivity contribution in [3.8, 4) is 0 Å². The standard InChI is InChI=1S/C25H35N3O/c1-15(2)21-12-19(13-24-27-22-9-8-16(3)10-23(22)28-24)17(4)11-20(21)14-26-25(29)18-6-5-7-18/h8-11,15,18-21H,5-7,12-14H2,1-4H3,(H,26,29)(H,27,28)/t19-,20-,21-/m0/s1. The maximum atomic E-state index is 12.3. The number of hydrogen-bond donors (Lipinski definition) is 2. The van der Waals surface area contributed by atoms with E-state index in [1.165, 1.54) is 24.0 Å². The Labute approximate surface area is 174 Å². The van der Waals surface area contributed by atoms with Crippen LogP contribution in [0.5, 0.6) is 0 Å². The summed E-state index contributed by atoms with van der Waals surface area (Å²) in [4.78, 5) is 20.7. The Kier molecular flexibility index (Phi) is 5.80. The molecule has 156 valence electrons. The monoisotopic (exact) mass is 393 g/mol. The van der Waals surface area contributed by atoms with E-state index < -0.39 is 0 Å². The molecule has 1 fully saturated rings. The zero-order valence-corrected chi connectivity index (χ0v) is 18.3. The molecule has 1 aromatic carbocycles. The van der Waals surface area contributed by atoms with Crippen LogP contribution >= 0.6 is 0 Å². The molecule has 0 aliphatic heterocycles. The highest BCUT2D eigenvalue weighted by Gasteiger charge is 2.33. The van der Waals surface area contributed by atoms with Crippen molar-refractivity contribution in [2.24, 2.45) is 29.6 Å². The molecule has 0 radical (unpaired) electrons. The van der Waals surface area contributed by atoms with Gasteiger partial charge in [-0.1, -0.05) is 38.0 Å². The molecule has 2 aliphatic rings. The number of carbonyl (C=O) groups is 1. The summed E-state index contributed by atoms with van der Waals surface area (Å²) in [5.74, 6) is 3.77. The largest absolute Gasteiger partial charge is 0.355 e. The lowest BCUT2D eigenvalue weighted by Crippen LogP contribution is -2.40. The van der Waals surface area contributed by atoms with Gasteiger partial charge in [0.2, 0.25) is 5.91 Å². The average molecular weight is 394 g/mol. The fourth-order valence-corrected chi connectivity index (χ4v) is 5.05. The number of fused-ring (bicyclic) bond motifs is 1. The predicted molar refractivity (Wildman–Crippen MR) is 119 cm³/mol. The smallest absolute Gasteiger partial charge is 0.223 e. The van der Waals surface area contributed by atoms with Crippen LogP contribution in [-0.4, -0.2) is 22.4 Å². The van der Waals surface area contributed by atoms with Crippen LogP contribution in [0.2, 0.25) is 0 Å². The molecule has 1 amide bonds. The topological polar surface area (TPSA) is 57.8 Å². The SMILES string of the molecule is CC1=C[C@@H](CNC(=O)C2CCC2)[C@H](C(C)C)C[C@H]1Cc1nc2ccc(C)cc2[nH]1. The van der Waals surface area contributed by atoms with Crippen molar-refractivity contribution in [2.75, 3.05) is 6.54 Å². The van der Waals surface area contributed by atoms with Crippen molar-refractivity contribution in [3.05, 3.63) is 41.2 Å². The Morgan fingerprint density at radius 2 is 2.07 bits per heavy atom. The summed E-state index contributed by atoms with van der Waals surface area (Å²) in [5, 5.41) is 3.25. The normalized spacial score (nSPS) is 25.1. The maximum Gasteiger partial charge on any atom is 0.223 e. The van der Waals surface area contributed by atoms with Crippen molar-refractivity contribution in [3.63, 3.8) is 0 Å². The van der Waals surface area contributed by atoms with Crippen LogP contribution in [0.1, 0.15) is 57.8 Å². The van der Waals surface area contributed by atoms with Crippen molar-refractivity contribution >= 4 is 16.9 Å². The number of amides is 1. The minimum atomic E-state index is 0.268. The molecule has 1 heterocycles. The highest BCUT2D eigenvalue weighted by Crippen LogP contribution is 2.39. The van der Waals surface area contributed by atoms with E-state index >= 15 is 0 Å². The first-order valence-electron chi connectivity index (χ1n) is 11.3. The Hall–Kier alpha value is -2.10. The van der Waals surface area contributed by atoms with E-state index in [2.05, 4.69) is 62.3 Å². The van der Waals surface area contributed by atoms with Gasteiger partial charge in [-0.05, 0) is 74.5 Å². The van der Waals surface area contributed by atoms with Gasteiger partial charge in [-0.3, -0.25) is 4.79 Å². The molecule has 4 nitrogen and oxygen atoms in total. The van der Waals surface area contributed by atoms with Gasteiger partial charge in [0.15, 0.2) is 0 Å². The number of nitrogens with zero attached hydrogens (tertiary/aromatic N) is 1. The highest BCUT2D eigenvalue weighted by molar-refractivity contribution is 5.79. The molecule has 0 spiro atoms. The molecule has 4 heteroatoms. The van der Waals surface area contributed by atoms with E-state index in [-0.39, 0.29) is 11.8 Å². The van der Waals surface area contributed by atoms with Gasteiger partial charge >= 0.3 is 0 Å². The number of aromatic amines is 1. The number of hydrogen-bond acceptors (Lipinski definition) is 2. The molecule has 29 heavy (non-hydrogen) atoms. The molecule has 0 unspecified atom stereocenters. The number of carbonyl (C=O) groups excluding carboxylic acids is 1. The number of benzene rings is 1. The van der Waals surface area contributed by atoms with Crippen LogP contribution in [0.15, 0.2) is 29.8 Å². The van der Waals surface area contributed by atoms with Gasteiger partial charge < -0.3 is 10.3 Å². The number of nitrogens with one attached hydrogen (secondary N) is 2. The predicted octanol–water partition coefficient (Wildman–Crippen LogP) is 5.18. The second-order valence-electron chi connectivity index (χ2n) is 9.70. The molecule has 0 bridgehead atoms. The quantitative estimate of drug-likeness (QED) is 0.664. The lowest BCUT2D eigenvalue weighted by atomic mass is 9.69. The minimum absolute atomic E-state index is 0.268. The molecular formula is C25H35N3O. The lowest BCUT2D eigenvalue weighted by molar-refractivity contribution is -0.127. The second kappa shape index (κ2) is 8.33. The van der Waals surface area contributed by atoms with Gasteiger partial charge in [-0.2, -0.15) is 0 Å². The van der Waals surface area contributed by atoms with Gasteiger partial charge in [0, 0.05) is 18.9 Å². The molecule has 1 aromatic heterocycles. The van der Waals surface area contributed by atoms with Crippen LogP contribution < -0.4 is 5.32 Å². The number of H-pyrrole nitrogens is 1. The molecule has 2 aromatic rings. The van der Waals surface area contributed by atoms with Gasteiger partial charge in [0.1, 0.15) is 5.82 Å². The van der Waals surface area contributed by atoms with E-state index in [9.17, 15) is 4.79 Å². The lowest BCUT2D eigenvalue weighted by Gasteiger charge is -2.37. The summed E-state index contributed by atoms with van der Waals surface area (Å²) < 4.78 is 0. The molecule has 3 atom stereocenters. The molecular weight excluding hydrogens is 358 g/mol. The summed E-state index contributed by atoms with van der Waals surface area (Å²) >= 11 is 0. The summed E-state index contributed by atoms with van der Waals surface area (Å²) in [6.45, 7) is 9.80. The summed E-state index contributed by atoms with van der Waals surface area (Å²) in [5.41, 5.74) is 4.89. The van der Waals surface area contributed by atoms with E-state index in [0.717, 1.165) is 42.7 Å². The number of aryl methyl sites for hydroxylation is 1.